The van der Waals surface area contributed by atoms with Gasteiger partial charge in [0, 0.05) is 24.7 Å². The molecule has 0 radical (unpaired) electrons. The molecule has 0 spiro atoms. The molecule has 4 rings (SSSR count). The summed E-state index contributed by atoms with van der Waals surface area (Å²) in [6.07, 6.45) is 3.68. The maximum atomic E-state index is 12.6. The van der Waals surface area contributed by atoms with E-state index in [9.17, 15) is 14.4 Å². The van der Waals surface area contributed by atoms with Crippen LogP contribution in [-0.2, 0) is 25.5 Å². The van der Waals surface area contributed by atoms with Crippen molar-refractivity contribution in [3.8, 4) is 0 Å². The van der Waals surface area contributed by atoms with E-state index in [1.54, 1.807) is 6.07 Å². The average Bonchev–Trinajstić information content (AvgIpc) is 2.94. The molecular weight excluding hydrogens is 344 g/mol. The van der Waals surface area contributed by atoms with Gasteiger partial charge in [-0.2, -0.15) is 0 Å². The Morgan fingerprint density at radius 3 is 2.67 bits per heavy atom. The standard InChI is InChI=1S/C22H26O5/c1-12(23)27-18-11-22(2)17(8-9-19(22)24)16-7-4-13-10-14(21(25)26-3)5-6-15(13)20(16)18/h5-6,10,16-18,20H,4,7-9,11H2,1-3H3/t16-,17-,18+,20+,22-/m0/s1. The number of esters is 2. The van der Waals surface area contributed by atoms with Gasteiger partial charge in [0.1, 0.15) is 11.9 Å². The number of hydrogen-bond donors (Lipinski definition) is 0. The summed E-state index contributed by atoms with van der Waals surface area (Å²) in [7, 11) is 1.38. The van der Waals surface area contributed by atoms with Crippen molar-refractivity contribution in [2.45, 2.75) is 58.0 Å². The monoisotopic (exact) mass is 370 g/mol. The van der Waals surface area contributed by atoms with E-state index >= 15 is 0 Å². The molecule has 5 heteroatoms. The van der Waals surface area contributed by atoms with Gasteiger partial charge in [-0.15, -0.1) is 0 Å². The third kappa shape index (κ3) is 2.79. The fourth-order valence-electron chi connectivity index (χ4n) is 5.97. The van der Waals surface area contributed by atoms with Crippen molar-refractivity contribution in [2.24, 2.45) is 17.3 Å². The molecule has 0 amide bonds. The van der Waals surface area contributed by atoms with E-state index in [-0.39, 0.29) is 29.4 Å². The molecule has 2 fully saturated rings. The minimum Gasteiger partial charge on any atom is -0.465 e. The zero-order valence-electron chi connectivity index (χ0n) is 16.1. The summed E-state index contributed by atoms with van der Waals surface area (Å²) in [6.45, 7) is 3.50. The number of ketones is 1. The third-order valence-corrected chi connectivity index (χ3v) is 7.13. The quantitative estimate of drug-likeness (QED) is 0.746. The molecule has 0 unspecified atom stereocenters. The van der Waals surface area contributed by atoms with Crippen LogP contribution < -0.4 is 0 Å². The summed E-state index contributed by atoms with van der Waals surface area (Å²) in [5.74, 6) is 0.438. The molecule has 2 saturated carbocycles. The second kappa shape index (κ2) is 6.47. The maximum absolute atomic E-state index is 12.6. The van der Waals surface area contributed by atoms with E-state index in [1.807, 2.05) is 12.1 Å². The van der Waals surface area contributed by atoms with Gasteiger partial charge in [-0.05, 0) is 60.8 Å². The van der Waals surface area contributed by atoms with Crippen molar-refractivity contribution in [1.29, 1.82) is 0 Å². The number of carbonyl (C=O) groups excluding carboxylic acids is 3. The van der Waals surface area contributed by atoms with E-state index in [1.165, 1.54) is 14.0 Å². The molecule has 5 nitrogen and oxygen atoms in total. The smallest absolute Gasteiger partial charge is 0.337 e. The molecule has 0 bridgehead atoms. The number of ether oxygens (including phenoxy) is 2. The van der Waals surface area contributed by atoms with Crippen molar-refractivity contribution < 1.29 is 23.9 Å². The van der Waals surface area contributed by atoms with Crippen LogP contribution in [0.15, 0.2) is 18.2 Å². The zero-order chi connectivity index (χ0) is 19.3. The first-order valence-corrected chi connectivity index (χ1v) is 9.77. The first kappa shape index (κ1) is 18.2. The SMILES string of the molecule is COC(=O)c1ccc2c(c1)CC[C@@H]1[C@@H]2[C@H](OC(C)=O)C[C@]2(C)C(=O)CC[C@@H]12. The Balaban J connectivity index is 1.76. The van der Waals surface area contributed by atoms with Gasteiger partial charge >= 0.3 is 11.9 Å². The molecule has 0 aliphatic heterocycles. The van der Waals surface area contributed by atoms with Crippen LogP contribution in [0.3, 0.4) is 0 Å². The highest BCUT2D eigenvalue weighted by Crippen LogP contribution is 2.60. The molecule has 0 aromatic heterocycles. The number of methoxy groups -OCH3 is 1. The Labute approximate surface area is 159 Å². The molecule has 3 aliphatic rings. The Morgan fingerprint density at radius 2 is 1.96 bits per heavy atom. The van der Waals surface area contributed by atoms with Crippen molar-refractivity contribution in [1.82, 2.24) is 0 Å². The third-order valence-electron chi connectivity index (χ3n) is 7.13. The van der Waals surface area contributed by atoms with Crippen molar-refractivity contribution in [3.05, 3.63) is 34.9 Å². The first-order valence-electron chi connectivity index (χ1n) is 9.77. The summed E-state index contributed by atoms with van der Waals surface area (Å²) < 4.78 is 10.6. The van der Waals surface area contributed by atoms with E-state index in [2.05, 4.69) is 6.92 Å². The van der Waals surface area contributed by atoms with Crippen LogP contribution in [0.4, 0.5) is 0 Å². The van der Waals surface area contributed by atoms with Gasteiger partial charge in [-0.3, -0.25) is 9.59 Å². The lowest BCUT2D eigenvalue weighted by Gasteiger charge is -2.51. The predicted molar refractivity (Wildman–Crippen MR) is 98.3 cm³/mol. The van der Waals surface area contributed by atoms with Crippen LogP contribution in [0.25, 0.3) is 0 Å². The highest BCUT2D eigenvalue weighted by atomic mass is 16.5. The van der Waals surface area contributed by atoms with Crippen LogP contribution >= 0.6 is 0 Å². The highest BCUT2D eigenvalue weighted by Gasteiger charge is 2.58. The first-order chi connectivity index (χ1) is 12.8. The highest BCUT2D eigenvalue weighted by molar-refractivity contribution is 5.90. The van der Waals surface area contributed by atoms with Gasteiger partial charge in [0.15, 0.2) is 0 Å². The second-order valence-corrected chi connectivity index (χ2v) is 8.47. The summed E-state index contributed by atoms with van der Waals surface area (Å²) in [5, 5.41) is 0. The zero-order valence-corrected chi connectivity index (χ0v) is 16.1. The predicted octanol–water partition coefficient (Wildman–Crippen LogP) is 3.44. The summed E-state index contributed by atoms with van der Waals surface area (Å²) >= 11 is 0. The lowest BCUT2D eigenvalue weighted by Crippen LogP contribution is -2.50. The van der Waals surface area contributed by atoms with Gasteiger partial charge in [-0.1, -0.05) is 13.0 Å². The van der Waals surface area contributed by atoms with E-state index in [4.69, 9.17) is 9.47 Å². The fourth-order valence-corrected chi connectivity index (χ4v) is 5.97. The molecule has 0 N–H and O–H groups in total. The minimum absolute atomic E-state index is 0.0910. The molecule has 27 heavy (non-hydrogen) atoms. The lowest BCUT2D eigenvalue weighted by molar-refractivity contribution is -0.158. The minimum atomic E-state index is -0.384. The molecule has 1 aromatic rings. The van der Waals surface area contributed by atoms with Gasteiger partial charge in [0.2, 0.25) is 0 Å². The van der Waals surface area contributed by atoms with Crippen LogP contribution in [0.1, 0.15) is 66.9 Å². The summed E-state index contributed by atoms with van der Waals surface area (Å²) in [6, 6.07) is 5.70. The normalized spacial score (nSPS) is 34.3. The summed E-state index contributed by atoms with van der Waals surface area (Å²) in [4.78, 5) is 36.3. The van der Waals surface area contributed by atoms with Gasteiger partial charge < -0.3 is 9.47 Å². The molecule has 1 aromatic carbocycles. The molecule has 0 saturated heterocycles. The van der Waals surface area contributed by atoms with Crippen LogP contribution in [-0.4, -0.2) is 30.9 Å². The van der Waals surface area contributed by atoms with Crippen LogP contribution in [0.2, 0.25) is 0 Å². The maximum Gasteiger partial charge on any atom is 0.337 e. The van der Waals surface area contributed by atoms with Crippen molar-refractivity contribution in [3.63, 3.8) is 0 Å². The topological polar surface area (TPSA) is 69.7 Å². The molecule has 144 valence electrons. The van der Waals surface area contributed by atoms with Gasteiger partial charge in [0.05, 0.1) is 12.7 Å². The number of aryl methyl sites for hydroxylation is 1. The average molecular weight is 370 g/mol. The Kier molecular flexibility index (Phi) is 4.36. The summed E-state index contributed by atoms with van der Waals surface area (Å²) in [5.41, 5.74) is 2.45. The number of rotatable bonds is 2. The number of Topliss-reactive ketones (excluding diaryl/α,β-unsaturated/α-hetero) is 1. The van der Waals surface area contributed by atoms with Crippen LogP contribution in [0.5, 0.6) is 0 Å². The second-order valence-electron chi connectivity index (χ2n) is 8.47. The molecule has 3 aliphatic carbocycles. The Hall–Kier alpha value is -2.17. The van der Waals surface area contributed by atoms with E-state index < -0.39 is 0 Å². The van der Waals surface area contributed by atoms with E-state index in [0.29, 0.717) is 36.0 Å². The van der Waals surface area contributed by atoms with Crippen molar-refractivity contribution >= 4 is 17.7 Å². The molecule has 0 heterocycles. The van der Waals surface area contributed by atoms with Gasteiger partial charge in [-0.25, -0.2) is 4.79 Å². The number of hydrogen-bond acceptors (Lipinski definition) is 5. The number of fused-ring (bicyclic) bond motifs is 5. The lowest BCUT2D eigenvalue weighted by atomic mass is 9.54. The van der Waals surface area contributed by atoms with Gasteiger partial charge in [0.25, 0.3) is 0 Å². The molecule has 5 atom stereocenters. The number of carbonyl (C=O) groups is 3. The molecular formula is C22H26O5. The van der Waals surface area contributed by atoms with Crippen LogP contribution in [0, 0.1) is 17.3 Å². The fraction of sp³-hybridized carbons (Fsp3) is 0.591. The van der Waals surface area contributed by atoms with E-state index in [0.717, 1.165) is 30.4 Å². The largest absolute Gasteiger partial charge is 0.465 e. The van der Waals surface area contributed by atoms with Crippen molar-refractivity contribution in [2.75, 3.05) is 7.11 Å². The Bertz CT molecular complexity index is 813. The Morgan fingerprint density at radius 1 is 1.19 bits per heavy atom. The number of benzene rings is 1.